The Bertz CT molecular complexity index is 111. The van der Waals surface area contributed by atoms with Crippen LogP contribution in [-0.2, 0) is 9.47 Å². The van der Waals surface area contributed by atoms with Crippen LogP contribution < -0.4 is 0 Å². The SMILES string of the molecule is C#COCC.C/C=C/OCC. The summed E-state index contributed by atoms with van der Waals surface area (Å²) in [6.07, 6.45) is 10.2. The summed E-state index contributed by atoms with van der Waals surface area (Å²) in [7, 11) is 0. The minimum Gasteiger partial charge on any atom is -0.502 e. The molecule has 2 heteroatoms. The zero-order valence-electron chi connectivity index (χ0n) is 7.46. The minimum atomic E-state index is 0.608. The Labute approximate surface area is 69.2 Å². The van der Waals surface area contributed by atoms with Crippen molar-refractivity contribution >= 4 is 0 Å². The van der Waals surface area contributed by atoms with Crippen molar-refractivity contribution in [1.29, 1.82) is 0 Å². The maximum Gasteiger partial charge on any atom is 0.106 e. The molecular formula is C9H16O2. The molecule has 0 amide bonds. The molecule has 0 aromatic carbocycles. The quantitative estimate of drug-likeness (QED) is 0.460. The zero-order valence-corrected chi connectivity index (χ0v) is 7.46. The average Bonchev–Trinajstić information content (AvgIpc) is 2.04. The molecule has 0 radical (unpaired) electrons. The van der Waals surface area contributed by atoms with Crippen molar-refractivity contribution < 1.29 is 9.47 Å². The average molecular weight is 156 g/mol. The summed E-state index contributed by atoms with van der Waals surface area (Å²) in [4.78, 5) is 0. The summed E-state index contributed by atoms with van der Waals surface area (Å²) in [5.41, 5.74) is 0. The third-order valence-electron chi connectivity index (χ3n) is 0.627. The van der Waals surface area contributed by atoms with Crippen molar-refractivity contribution in [2.24, 2.45) is 0 Å². The van der Waals surface area contributed by atoms with Crippen LogP contribution in [0.4, 0.5) is 0 Å². The van der Waals surface area contributed by atoms with Gasteiger partial charge >= 0.3 is 0 Å². The highest BCUT2D eigenvalue weighted by Gasteiger charge is 1.60. The predicted molar refractivity (Wildman–Crippen MR) is 46.9 cm³/mol. The van der Waals surface area contributed by atoms with Crippen LogP contribution in [0.15, 0.2) is 12.3 Å². The van der Waals surface area contributed by atoms with Crippen LogP contribution in [0.5, 0.6) is 0 Å². The van der Waals surface area contributed by atoms with Gasteiger partial charge in [-0.15, -0.1) is 0 Å². The second-order valence-electron chi connectivity index (χ2n) is 1.48. The number of rotatable bonds is 3. The maximum atomic E-state index is 4.80. The lowest BCUT2D eigenvalue weighted by Crippen LogP contribution is -1.73. The molecular weight excluding hydrogens is 140 g/mol. The first-order valence-electron chi connectivity index (χ1n) is 3.63. The molecule has 0 aliphatic carbocycles. The molecule has 0 aromatic rings. The Balaban J connectivity index is 0. The van der Waals surface area contributed by atoms with Crippen molar-refractivity contribution in [2.75, 3.05) is 13.2 Å². The lowest BCUT2D eigenvalue weighted by Gasteiger charge is -1.86. The Kier molecular flexibility index (Phi) is 18.2. The van der Waals surface area contributed by atoms with Gasteiger partial charge < -0.3 is 9.47 Å². The lowest BCUT2D eigenvalue weighted by atomic mass is 10.7. The van der Waals surface area contributed by atoms with Gasteiger partial charge in [-0.2, -0.15) is 0 Å². The fourth-order valence-corrected chi connectivity index (χ4v) is 0.276. The summed E-state index contributed by atoms with van der Waals surface area (Å²) in [6.45, 7) is 7.11. The molecule has 0 aliphatic heterocycles. The molecule has 0 bridgehead atoms. The van der Waals surface area contributed by atoms with E-state index in [0.29, 0.717) is 6.61 Å². The lowest BCUT2D eigenvalue weighted by molar-refractivity contribution is 0.269. The van der Waals surface area contributed by atoms with Crippen LogP contribution in [0.3, 0.4) is 0 Å². The van der Waals surface area contributed by atoms with E-state index in [1.165, 1.54) is 0 Å². The van der Waals surface area contributed by atoms with Crippen molar-refractivity contribution in [3.05, 3.63) is 12.3 Å². The van der Waals surface area contributed by atoms with Gasteiger partial charge in [0.05, 0.1) is 19.5 Å². The Morgan fingerprint density at radius 2 is 2.00 bits per heavy atom. The van der Waals surface area contributed by atoms with E-state index < -0.39 is 0 Å². The topological polar surface area (TPSA) is 18.5 Å². The van der Waals surface area contributed by atoms with Crippen molar-refractivity contribution in [2.45, 2.75) is 20.8 Å². The van der Waals surface area contributed by atoms with Gasteiger partial charge in [0.25, 0.3) is 0 Å². The van der Waals surface area contributed by atoms with E-state index in [0.717, 1.165) is 6.61 Å². The zero-order chi connectivity index (χ0) is 8.95. The molecule has 0 N–H and O–H groups in total. The standard InChI is InChI=1S/C5H10O.C4H6O/c1-3-5-6-4-2;1-3-5-4-2/h3,5H,4H2,1-2H3;1H,4H2,2H3/b5-3+;. The van der Waals surface area contributed by atoms with E-state index in [1.807, 2.05) is 33.0 Å². The minimum absolute atomic E-state index is 0.608. The first kappa shape index (κ1) is 12.6. The molecule has 0 heterocycles. The summed E-state index contributed by atoms with van der Waals surface area (Å²) in [6, 6.07) is 0. The number of terminal acetylenes is 1. The van der Waals surface area contributed by atoms with Gasteiger partial charge in [0, 0.05) is 0 Å². The van der Waals surface area contributed by atoms with Crippen molar-refractivity contribution in [3.8, 4) is 12.5 Å². The highest BCUT2D eigenvalue weighted by Crippen LogP contribution is 1.71. The smallest absolute Gasteiger partial charge is 0.106 e. The molecule has 0 atom stereocenters. The van der Waals surface area contributed by atoms with Crippen LogP contribution in [0.1, 0.15) is 20.8 Å². The molecule has 0 rings (SSSR count). The second kappa shape index (κ2) is 16.0. The molecule has 0 saturated heterocycles. The predicted octanol–water partition coefficient (Wildman–Crippen LogP) is 2.17. The van der Waals surface area contributed by atoms with Gasteiger partial charge in [0.2, 0.25) is 0 Å². The molecule has 0 aliphatic rings. The fourth-order valence-electron chi connectivity index (χ4n) is 0.276. The van der Waals surface area contributed by atoms with E-state index in [2.05, 4.69) is 11.2 Å². The van der Waals surface area contributed by atoms with Gasteiger partial charge in [0.15, 0.2) is 0 Å². The largest absolute Gasteiger partial charge is 0.502 e. The van der Waals surface area contributed by atoms with E-state index in [1.54, 1.807) is 6.26 Å². The molecule has 0 spiro atoms. The van der Waals surface area contributed by atoms with Crippen LogP contribution in [0.25, 0.3) is 0 Å². The Morgan fingerprint density at radius 1 is 1.36 bits per heavy atom. The van der Waals surface area contributed by atoms with Gasteiger partial charge in [0.1, 0.15) is 6.11 Å². The first-order valence-corrected chi connectivity index (χ1v) is 3.63. The van der Waals surface area contributed by atoms with Crippen LogP contribution in [0.2, 0.25) is 0 Å². The highest BCUT2D eigenvalue weighted by molar-refractivity contribution is 4.67. The third-order valence-corrected chi connectivity index (χ3v) is 0.627. The monoisotopic (exact) mass is 156 g/mol. The number of hydrogen-bond donors (Lipinski definition) is 0. The van der Waals surface area contributed by atoms with Crippen molar-refractivity contribution in [1.82, 2.24) is 0 Å². The third kappa shape index (κ3) is 27.9. The van der Waals surface area contributed by atoms with Gasteiger partial charge in [-0.1, -0.05) is 12.5 Å². The summed E-state index contributed by atoms with van der Waals surface area (Å²) < 4.78 is 9.16. The molecule has 64 valence electrons. The molecule has 0 unspecified atom stereocenters. The molecule has 11 heavy (non-hydrogen) atoms. The summed E-state index contributed by atoms with van der Waals surface area (Å²) >= 11 is 0. The maximum absolute atomic E-state index is 4.80. The molecule has 0 aromatic heterocycles. The molecule has 0 saturated carbocycles. The molecule has 2 nitrogen and oxygen atoms in total. The van der Waals surface area contributed by atoms with E-state index in [-0.39, 0.29) is 0 Å². The van der Waals surface area contributed by atoms with Crippen LogP contribution in [0, 0.1) is 12.5 Å². The second-order valence-corrected chi connectivity index (χ2v) is 1.48. The normalized spacial score (nSPS) is 7.82. The van der Waals surface area contributed by atoms with Crippen molar-refractivity contribution in [3.63, 3.8) is 0 Å². The Morgan fingerprint density at radius 3 is 2.09 bits per heavy atom. The van der Waals surface area contributed by atoms with E-state index in [4.69, 9.17) is 4.74 Å². The first-order chi connectivity index (χ1) is 5.33. The van der Waals surface area contributed by atoms with Gasteiger partial charge in [-0.25, -0.2) is 0 Å². The summed E-state index contributed by atoms with van der Waals surface area (Å²) in [5, 5.41) is 0. The van der Waals surface area contributed by atoms with Gasteiger partial charge in [-0.3, -0.25) is 0 Å². The number of hydrogen-bond acceptors (Lipinski definition) is 2. The number of allylic oxidation sites excluding steroid dienone is 1. The van der Waals surface area contributed by atoms with E-state index in [9.17, 15) is 0 Å². The van der Waals surface area contributed by atoms with Crippen LogP contribution >= 0.6 is 0 Å². The Hall–Kier alpha value is -1.10. The van der Waals surface area contributed by atoms with Gasteiger partial charge in [-0.05, 0) is 20.8 Å². The van der Waals surface area contributed by atoms with Crippen LogP contribution in [-0.4, -0.2) is 13.2 Å². The molecule has 0 fully saturated rings. The highest BCUT2D eigenvalue weighted by atomic mass is 16.5. The summed E-state index contributed by atoms with van der Waals surface area (Å²) in [5.74, 6) is 0. The number of ether oxygens (including phenoxy) is 2. The fraction of sp³-hybridized carbons (Fsp3) is 0.556. The van der Waals surface area contributed by atoms with E-state index >= 15 is 0 Å².